The molecule has 1 aromatic carbocycles. The molecule has 0 heterocycles. The highest BCUT2D eigenvalue weighted by molar-refractivity contribution is 9.10. The maximum atomic E-state index is 11.1. The average molecular weight is 300 g/mol. The average Bonchev–Trinajstić information content (AvgIpc) is 2.29. The summed E-state index contributed by atoms with van der Waals surface area (Å²) in [6.07, 6.45) is 0.613. The van der Waals surface area contributed by atoms with Crippen LogP contribution < -0.4 is 10.1 Å². The summed E-state index contributed by atoms with van der Waals surface area (Å²) >= 11 is 3.37. The predicted molar refractivity (Wildman–Crippen MR) is 68.1 cm³/mol. The van der Waals surface area contributed by atoms with Gasteiger partial charge in [0.15, 0.2) is 0 Å². The van der Waals surface area contributed by atoms with Gasteiger partial charge in [0.25, 0.3) is 5.91 Å². The molecule has 0 radical (unpaired) electrons. The fraction of sp³-hybridized carbons (Fsp3) is 0.333. The van der Waals surface area contributed by atoms with E-state index in [4.69, 9.17) is 4.74 Å². The van der Waals surface area contributed by atoms with E-state index in [9.17, 15) is 9.59 Å². The lowest BCUT2D eigenvalue weighted by Crippen LogP contribution is -2.30. The Morgan fingerprint density at radius 1 is 1.41 bits per heavy atom. The first-order chi connectivity index (χ1) is 8.04. The van der Waals surface area contributed by atoms with Crippen molar-refractivity contribution in [3.63, 3.8) is 0 Å². The van der Waals surface area contributed by atoms with Crippen LogP contribution in [0.25, 0.3) is 0 Å². The fourth-order valence-electron chi connectivity index (χ4n) is 1.38. The van der Waals surface area contributed by atoms with Gasteiger partial charge in [-0.25, -0.2) is 0 Å². The molecule has 1 rings (SSSR count). The highest BCUT2D eigenvalue weighted by Crippen LogP contribution is 2.22. The number of hydrogen-bond donors (Lipinski definition) is 1. The first-order valence-electron chi connectivity index (χ1n) is 5.15. The molecule has 0 fully saturated rings. The van der Waals surface area contributed by atoms with Crippen LogP contribution in [-0.2, 0) is 16.0 Å². The summed E-state index contributed by atoms with van der Waals surface area (Å²) in [5.74, 6) is -0.268. The molecule has 0 aliphatic carbocycles. The number of nitrogens with one attached hydrogen (secondary N) is 1. The summed E-state index contributed by atoms with van der Waals surface area (Å²) in [5, 5.41) is 2.54. The van der Waals surface area contributed by atoms with Crippen LogP contribution in [0.2, 0.25) is 0 Å². The van der Waals surface area contributed by atoms with E-state index in [-0.39, 0.29) is 0 Å². The molecular formula is C12H14BrNO3. The third-order valence-electron chi connectivity index (χ3n) is 2.24. The maximum Gasteiger partial charge on any atom is 0.287 e. The summed E-state index contributed by atoms with van der Waals surface area (Å²) < 4.78 is 6.16. The number of carbonyl (C=O) groups excluding carboxylic acids is 2. The van der Waals surface area contributed by atoms with Crippen LogP contribution in [0.4, 0.5) is 0 Å². The number of Topliss-reactive ketones (excluding diaryl/α,β-unsaturated/α-hetero) is 1. The van der Waals surface area contributed by atoms with Gasteiger partial charge in [0.1, 0.15) is 5.75 Å². The van der Waals surface area contributed by atoms with Gasteiger partial charge in [-0.15, -0.1) is 0 Å². The van der Waals surface area contributed by atoms with E-state index in [1.165, 1.54) is 6.92 Å². The van der Waals surface area contributed by atoms with Gasteiger partial charge in [-0.05, 0) is 30.2 Å². The van der Waals surface area contributed by atoms with Crippen molar-refractivity contribution in [3.05, 3.63) is 28.2 Å². The minimum absolute atomic E-state index is 0.408. The van der Waals surface area contributed by atoms with E-state index >= 15 is 0 Å². The van der Waals surface area contributed by atoms with Gasteiger partial charge in [0, 0.05) is 17.9 Å². The zero-order valence-electron chi connectivity index (χ0n) is 9.75. The van der Waals surface area contributed by atoms with Crippen LogP contribution in [0.3, 0.4) is 0 Å². The van der Waals surface area contributed by atoms with Gasteiger partial charge in [0.05, 0.1) is 7.11 Å². The molecule has 0 unspecified atom stereocenters. The molecule has 0 aliphatic rings. The molecule has 92 valence electrons. The standard InChI is InChI=1S/C12H14BrNO3/c1-8(15)12(16)14-6-5-9-7-10(13)3-4-11(9)17-2/h3-4,7H,5-6H2,1-2H3,(H,14,16). The first-order valence-corrected chi connectivity index (χ1v) is 5.95. The number of methoxy groups -OCH3 is 1. The maximum absolute atomic E-state index is 11.1. The van der Waals surface area contributed by atoms with Crippen LogP contribution in [0.1, 0.15) is 12.5 Å². The molecule has 0 atom stereocenters. The fourth-order valence-corrected chi connectivity index (χ4v) is 1.79. The van der Waals surface area contributed by atoms with E-state index in [0.717, 1.165) is 15.8 Å². The van der Waals surface area contributed by atoms with Crippen molar-refractivity contribution in [2.45, 2.75) is 13.3 Å². The Balaban J connectivity index is 2.59. The highest BCUT2D eigenvalue weighted by Gasteiger charge is 2.07. The van der Waals surface area contributed by atoms with E-state index in [2.05, 4.69) is 21.2 Å². The minimum Gasteiger partial charge on any atom is -0.496 e. The van der Waals surface area contributed by atoms with Crippen LogP contribution in [0.15, 0.2) is 22.7 Å². The van der Waals surface area contributed by atoms with E-state index in [0.29, 0.717) is 13.0 Å². The molecule has 5 heteroatoms. The Labute approximate surface area is 108 Å². The number of ketones is 1. The van der Waals surface area contributed by atoms with Crippen LogP contribution in [-0.4, -0.2) is 25.3 Å². The lowest BCUT2D eigenvalue weighted by molar-refractivity contribution is -0.136. The molecule has 17 heavy (non-hydrogen) atoms. The van der Waals surface area contributed by atoms with Crippen molar-refractivity contribution in [1.29, 1.82) is 0 Å². The van der Waals surface area contributed by atoms with Crippen molar-refractivity contribution in [2.75, 3.05) is 13.7 Å². The normalized spacial score (nSPS) is 9.82. The summed E-state index contributed by atoms with van der Waals surface area (Å²) in [7, 11) is 1.60. The molecule has 1 aromatic rings. The summed E-state index contributed by atoms with van der Waals surface area (Å²) in [6, 6.07) is 5.67. The zero-order valence-corrected chi connectivity index (χ0v) is 11.3. The van der Waals surface area contributed by atoms with Crippen molar-refractivity contribution < 1.29 is 14.3 Å². The second-order valence-electron chi connectivity index (χ2n) is 3.52. The largest absolute Gasteiger partial charge is 0.496 e. The first kappa shape index (κ1) is 13.7. The number of amides is 1. The summed E-state index contributed by atoms with van der Waals surface area (Å²) in [4.78, 5) is 21.8. The van der Waals surface area contributed by atoms with Crippen LogP contribution in [0, 0.1) is 0 Å². The van der Waals surface area contributed by atoms with Crippen LogP contribution >= 0.6 is 15.9 Å². The van der Waals surface area contributed by atoms with Crippen molar-refractivity contribution in [3.8, 4) is 5.75 Å². The molecule has 0 aromatic heterocycles. The monoisotopic (exact) mass is 299 g/mol. The van der Waals surface area contributed by atoms with E-state index < -0.39 is 11.7 Å². The Morgan fingerprint density at radius 2 is 2.12 bits per heavy atom. The smallest absolute Gasteiger partial charge is 0.287 e. The summed E-state index contributed by atoms with van der Waals surface area (Å²) in [5.41, 5.74) is 0.978. The van der Waals surface area contributed by atoms with Crippen molar-refractivity contribution >= 4 is 27.6 Å². The van der Waals surface area contributed by atoms with Gasteiger partial charge < -0.3 is 10.1 Å². The van der Waals surface area contributed by atoms with Gasteiger partial charge in [0.2, 0.25) is 5.78 Å². The molecule has 0 saturated carbocycles. The molecule has 1 amide bonds. The third kappa shape index (κ3) is 4.19. The molecule has 0 spiro atoms. The number of halogens is 1. The summed E-state index contributed by atoms with van der Waals surface area (Å²) in [6.45, 7) is 1.65. The van der Waals surface area contributed by atoms with E-state index in [1.54, 1.807) is 7.11 Å². The Bertz CT molecular complexity index is 432. The SMILES string of the molecule is COc1ccc(Br)cc1CCNC(=O)C(C)=O. The lowest BCUT2D eigenvalue weighted by atomic mass is 10.1. The molecule has 1 N–H and O–H groups in total. The second-order valence-corrected chi connectivity index (χ2v) is 4.43. The number of carbonyl (C=O) groups is 2. The number of hydrogen-bond acceptors (Lipinski definition) is 3. The van der Waals surface area contributed by atoms with Crippen molar-refractivity contribution in [1.82, 2.24) is 5.32 Å². The van der Waals surface area contributed by atoms with Gasteiger partial charge in [-0.3, -0.25) is 9.59 Å². The molecule has 0 aliphatic heterocycles. The van der Waals surface area contributed by atoms with Gasteiger partial charge in [-0.1, -0.05) is 15.9 Å². The quantitative estimate of drug-likeness (QED) is 0.842. The number of benzene rings is 1. The minimum atomic E-state index is -0.557. The highest BCUT2D eigenvalue weighted by atomic mass is 79.9. The molecule has 4 nitrogen and oxygen atoms in total. The Hall–Kier alpha value is -1.36. The Morgan fingerprint density at radius 3 is 2.71 bits per heavy atom. The molecular weight excluding hydrogens is 286 g/mol. The molecule has 0 saturated heterocycles. The zero-order chi connectivity index (χ0) is 12.8. The van der Waals surface area contributed by atoms with E-state index in [1.807, 2.05) is 18.2 Å². The second kappa shape index (κ2) is 6.39. The topological polar surface area (TPSA) is 55.4 Å². The predicted octanol–water partition coefficient (Wildman–Crippen LogP) is 1.71. The number of ether oxygens (including phenoxy) is 1. The van der Waals surface area contributed by atoms with Crippen molar-refractivity contribution in [2.24, 2.45) is 0 Å². The lowest BCUT2D eigenvalue weighted by Gasteiger charge is -2.09. The van der Waals surface area contributed by atoms with Gasteiger partial charge >= 0.3 is 0 Å². The number of rotatable bonds is 5. The molecule has 0 bridgehead atoms. The third-order valence-corrected chi connectivity index (χ3v) is 2.74. The van der Waals surface area contributed by atoms with Crippen LogP contribution in [0.5, 0.6) is 5.75 Å². The van der Waals surface area contributed by atoms with Gasteiger partial charge in [-0.2, -0.15) is 0 Å². The Kier molecular flexibility index (Phi) is 5.15.